The van der Waals surface area contributed by atoms with Gasteiger partial charge >= 0.3 is 0 Å². The van der Waals surface area contributed by atoms with Gasteiger partial charge in [0.25, 0.3) is 5.91 Å². The molecule has 2 rings (SSSR count). The zero-order valence-electron chi connectivity index (χ0n) is 11.6. The van der Waals surface area contributed by atoms with Crippen molar-refractivity contribution in [3.05, 3.63) is 47.8 Å². The molecule has 5 heteroatoms. The topological polar surface area (TPSA) is 64.0 Å². The van der Waals surface area contributed by atoms with Crippen LogP contribution in [-0.2, 0) is 6.54 Å². The third-order valence-corrected chi connectivity index (χ3v) is 2.91. The maximum absolute atomic E-state index is 12.2. The number of hydrogen-bond acceptors (Lipinski definition) is 3. The predicted molar refractivity (Wildman–Crippen MR) is 76.9 cm³/mol. The third kappa shape index (κ3) is 3.12. The number of Topliss-reactive ketones (excluding diaryl/α,β-unsaturated/α-hetero) is 1. The molecule has 0 saturated heterocycles. The number of carbonyl (C=O) groups excluding carboxylic acids is 2. The Morgan fingerprint density at radius 1 is 1.30 bits per heavy atom. The molecule has 0 spiro atoms. The fourth-order valence-electron chi connectivity index (χ4n) is 1.93. The second-order valence-corrected chi connectivity index (χ2v) is 4.53. The van der Waals surface area contributed by atoms with Gasteiger partial charge in [0.1, 0.15) is 5.69 Å². The Morgan fingerprint density at radius 3 is 2.80 bits per heavy atom. The SMILES string of the molecule is CCCn1nccc1C(=O)Nc1cccc(C(C)=O)c1. The first-order valence-electron chi connectivity index (χ1n) is 6.56. The second-order valence-electron chi connectivity index (χ2n) is 4.53. The molecule has 1 aromatic carbocycles. The van der Waals surface area contributed by atoms with E-state index in [1.54, 1.807) is 41.2 Å². The van der Waals surface area contributed by atoms with Crippen molar-refractivity contribution in [1.29, 1.82) is 0 Å². The first-order valence-corrected chi connectivity index (χ1v) is 6.56. The number of carbonyl (C=O) groups is 2. The Labute approximate surface area is 117 Å². The lowest BCUT2D eigenvalue weighted by atomic mass is 10.1. The molecule has 104 valence electrons. The highest BCUT2D eigenvalue weighted by Gasteiger charge is 2.12. The highest BCUT2D eigenvalue weighted by atomic mass is 16.2. The van der Waals surface area contributed by atoms with Gasteiger partial charge in [-0.25, -0.2) is 0 Å². The van der Waals surface area contributed by atoms with E-state index in [2.05, 4.69) is 10.4 Å². The summed E-state index contributed by atoms with van der Waals surface area (Å²) in [7, 11) is 0. The molecular formula is C15H17N3O2. The van der Waals surface area contributed by atoms with Gasteiger partial charge in [0.15, 0.2) is 5.78 Å². The van der Waals surface area contributed by atoms with Crippen LogP contribution in [0.5, 0.6) is 0 Å². The van der Waals surface area contributed by atoms with Gasteiger partial charge in [-0.3, -0.25) is 14.3 Å². The van der Waals surface area contributed by atoms with E-state index in [0.29, 0.717) is 23.5 Å². The van der Waals surface area contributed by atoms with Crippen LogP contribution in [0.15, 0.2) is 36.5 Å². The number of hydrogen-bond donors (Lipinski definition) is 1. The molecule has 0 unspecified atom stereocenters. The maximum Gasteiger partial charge on any atom is 0.273 e. The monoisotopic (exact) mass is 271 g/mol. The van der Waals surface area contributed by atoms with Crippen LogP contribution in [0.4, 0.5) is 5.69 Å². The van der Waals surface area contributed by atoms with Crippen LogP contribution in [0.1, 0.15) is 41.1 Å². The van der Waals surface area contributed by atoms with E-state index in [1.165, 1.54) is 6.92 Å². The molecule has 0 aliphatic carbocycles. The highest BCUT2D eigenvalue weighted by molar-refractivity contribution is 6.04. The van der Waals surface area contributed by atoms with Crippen LogP contribution < -0.4 is 5.32 Å². The van der Waals surface area contributed by atoms with E-state index < -0.39 is 0 Å². The average Bonchev–Trinajstić information content (AvgIpc) is 2.88. The van der Waals surface area contributed by atoms with Crippen LogP contribution >= 0.6 is 0 Å². The fourth-order valence-corrected chi connectivity index (χ4v) is 1.93. The quantitative estimate of drug-likeness (QED) is 0.850. The number of aromatic nitrogens is 2. The summed E-state index contributed by atoms with van der Waals surface area (Å²) in [6, 6.07) is 8.57. The number of anilines is 1. The van der Waals surface area contributed by atoms with Crippen LogP contribution in [-0.4, -0.2) is 21.5 Å². The molecule has 0 bridgehead atoms. The standard InChI is InChI=1S/C15H17N3O2/c1-3-9-18-14(7-8-16-18)15(20)17-13-6-4-5-12(10-13)11(2)19/h4-8,10H,3,9H2,1-2H3,(H,17,20). The van der Waals surface area contributed by atoms with Gasteiger partial charge in [-0.05, 0) is 31.5 Å². The van der Waals surface area contributed by atoms with Crippen molar-refractivity contribution >= 4 is 17.4 Å². The molecule has 1 heterocycles. The molecule has 5 nitrogen and oxygen atoms in total. The third-order valence-electron chi connectivity index (χ3n) is 2.91. The van der Waals surface area contributed by atoms with Crippen LogP contribution in [0.2, 0.25) is 0 Å². The van der Waals surface area contributed by atoms with Gasteiger partial charge in [0.2, 0.25) is 0 Å². The fraction of sp³-hybridized carbons (Fsp3) is 0.267. The number of aryl methyl sites for hydroxylation is 1. The summed E-state index contributed by atoms with van der Waals surface area (Å²) in [5.41, 5.74) is 1.69. The number of ketones is 1. The highest BCUT2D eigenvalue weighted by Crippen LogP contribution is 2.13. The first kappa shape index (κ1) is 14.0. The minimum Gasteiger partial charge on any atom is -0.321 e. The summed E-state index contributed by atoms with van der Waals surface area (Å²) in [4.78, 5) is 23.5. The van der Waals surface area contributed by atoms with Gasteiger partial charge in [-0.1, -0.05) is 19.1 Å². The van der Waals surface area contributed by atoms with Gasteiger partial charge in [-0.2, -0.15) is 5.10 Å². The van der Waals surface area contributed by atoms with E-state index in [-0.39, 0.29) is 11.7 Å². The molecule has 0 saturated carbocycles. The normalized spacial score (nSPS) is 10.3. The molecule has 1 amide bonds. The average molecular weight is 271 g/mol. The van der Waals surface area contributed by atoms with Crippen molar-refractivity contribution in [3.63, 3.8) is 0 Å². The maximum atomic E-state index is 12.2. The summed E-state index contributed by atoms with van der Waals surface area (Å²) < 4.78 is 1.67. The zero-order valence-corrected chi connectivity index (χ0v) is 11.6. The van der Waals surface area contributed by atoms with Crippen molar-refractivity contribution in [1.82, 2.24) is 9.78 Å². The number of benzene rings is 1. The first-order chi connectivity index (χ1) is 9.61. The summed E-state index contributed by atoms with van der Waals surface area (Å²) in [6.45, 7) is 4.22. The molecule has 0 aliphatic rings. The molecule has 0 atom stereocenters. The lowest BCUT2D eigenvalue weighted by Gasteiger charge is -2.08. The van der Waals surface area contributed by atoms with E-state index in [1.807, 2.05) is 6.92 Å². The van der Waals surface area contributed by atoms with Crippen molar-refractivity contribution in [2.45, 2.75) is 26.8 Å². The minimum absolute atomic E-state index is 0.0304. The molecule has 20 heavy (non-hydrogen) atoms. The van der Waals surface area contributed by atoms with Gasteiger partial charge < -0.3 is 5.32 Å². The minimum atomic E-state index is -0.225. The summed E-state index contributed by atoms with van der Waals surface area (Å²) in [5.74, 6) is -0.256. The molecule has 0 fully saturated rings. The van der Waals surface area contributed by atoms with E-state index in [4.69, 9.17) is 0 Å². The Kier molecular flexibility index (Phi) is 4.30. The smallest absolute Gasteiger partial charge is 0.273 e. The summed E-state index contributed by atoms with van der Waals surface area (Å²) >= 11 is 0. The van der Waals surface area contributed by atoms with Gasteiger partial charge in [0.05, 0.1) is 0 Å². The largest absolute Gasteiger partial charge is 0.321 e. The molecular weight excluding hydrogens is 254 g/mol. The number of nitrogens with zero attached hydrogens (tertiary/aromatic N) is 2. The Balaban J connectivity index is 2.17. The number of rotatable bonds is 5. The van der Waals surface area contributed by atoms with E-state index in [0.717, 1.165) is 6.42 Å². The van der Waals surface area contributed by atoms with Crippen LogP contribution in [0, 0.1) is 0 Å². The zero-order chi connectivity index (χ0) is 14.5. The van der Waals surface area contributed by atoms with E-state index in [9.17, 15) is 9.59 Å². The Morgan fingerprint density at radius 2 is 2.10 bits per heavy atom. The molecule has 0 aliphatic heterocycles. The Hall–Kier alpha value is -2.43. The van der Waals surface area contributed by atoms with Crippen molar-refractivity contribution in [2.75, 3.05) is 5.32 Å². The van der Waals surface area contributed by atoms with Crippen LogP contribution in [0.25, 0.3) is 0 Å². The van der Waals surface area contributed by atoms with Crippen LogP contribution in [0.3, 0.4) is 0 Å². The predicted octanol–water partition coefficient (Wildman–Crippen LogP) is 2.75. The van der Waals surface area contributed by atoms with Gasteiger partial charge in [0, 0.05) is 24.0 Å². The summed E-state index contributed by atoms with van der Waals surface area (Å²) in [6.07, 6.45) is 2.51. The molecule has 0 radical (unpaired) electrons. The lowest BCUT2D eigenvalue weighted by molar-refractivity contribution is 0.100. The van der Waals surface area contributed by atoms with Crippen molar-refractivity contribution in [3.8, 4) is 0 Å². The molecule has 2 aromatic rings. The number of amides is 1. The molecule has 1 N–H and O–H groups in total. The number of nitrogens with one attached hydrogen (secondary N) is 1. The van der Waals surface area contributed by atoms with Crippen molar-refractivity contribution in [2.24, 2.45) is 0 Å². The van der Waals surface area contributed by atoms with Crippen molar-refractivity contribution < 1.29 is 9.59 Å². The van der Waals surface area contributed by atoms with Gasteiger partial charge in [-0.15, -0.1) is 0 Å². The lowest BCUT2D eigenvalue weighted by Crippen LogP contribution is -2.18. The van der Waals surface area contributed by atoms with E-state index >= 15 is 0 Å². The molecule has 1 aromatic heterocycles. The Bertz CT molecular complexity index is 632. The second kappa shape index (κ2) is 6.14. The summed E-state index contributed by atoms with van der Waals surface area (Å²) in [5, 5.41) is 6.90.